The summed E-state index contributed by atoms with van der Waals surface area (Å²) in [5, 5.41) is 10.00. The molecule has 1 aliphatic rings. The Labute approximate surface area is 163 Å². The first-order valence-corrected chi connectivity index (χ1v) is 8.90. The van der Waals surface area contributed by atoms with Crippen LogP contribution in [0.5, 0.6) is 0 Å². The molecule has 4 aromatic rings. The van der Waals surface area contributed by atoms with Crippen LogP contribution in [0.2, 0.25) is 5.02 Å². The Morgan fingerprint density at radius 3 is 2.79 bits per heavy atom. The quantitative estimate of drug-likeness (QED) is 0.369. The van der Waals surface area contributed by atoms with Crippen molar-refractivity contribution in [3.8, 4) is 11.3 Å². The lowest BCUT2D eigenvalue weighted by Crippen LogP contribution is -1.95. The van der Waals surface area contributed by atoms with E-state index in [1.165, 1.54) is 43.9 Å². The molecule has 0 bridgehead atoms. The monoisotopic (exact) mass is 396 g/mol. The molecule has 9 heteroatoms. The summed E-state index contributed by atoms with van der Waals surface area (Å²) < 4.78 is 16.3. The Hall–Kier alpha value is -3.35. The van der Waals surface area contributed by atoms with Crippen LogP contribution in [0.4, 0.5) is 10.2 Å². The van der Waals surface area contributed by atoms with Gasteiger partial charge in [-0.1, -0.05) is 37.4 Å². The van der Waals surface area contributed by atoms with Gasteiger partial charge < -0.3 is 4.40 Å². The van der Waals surface area contributed by atoms with Gasteiger partial charge in [0.1, 0.15) is 0 Å². The molecule has 0 saturated heterocycles. The van der Waals surface area contributed by atoms with Gasteiger partial charge in [-0.05, 0) is 11.3 Å². The van der Waals surface area contributed by atoms with Crippen LogP contribution >= 0.6 is 11.6 Å². The molecule has 140 valence electrons. The number of nitroso groups, excluding NO2 is 1. The van der Waals surface area contributed by atoms with Gasteiger partial charge in [0.15, 0.2) is 11.5 Å². The number of aromatic nitrogens is 5. The lowest BCUT2D eigenvalue weighted by atomic mass is 10.0. The number of halogens is 2. The second-order valence-corrected chi connectivity index (χ2v) is 6.59. The zero-order valence-electron chi connectivity index (χ0n) is 14.6. The Balaban J connectivity index is 0.000000586. The smallest absolute Gasteiger partial charge is 0.215 e. The number of imidazole rings is 1. The van der Waals surface area contributed by atoms with E-state index >= 15 is 0 Å². The molecule has 0 spiro atoms. The number of nitrogens with zero attached hydrogens (tertiary/aromatic N) is 5. The lowest BCUT2D eigenvalue weighted by Gasteiger charge is -2.10. The second kappa shape index (κ2) is 7.34. The minimum atomic E-state index is -0.632. The van der Waals surface area contributed by atoms with Crippen LogP contribution in [0.25, 0.3) is 33.9 Å². The normalized spacial score (nSPS) is 12.4. The first kappa shape index (κ1) is 18.0. The van der Waals surface area contributed by atoms with Crippen molar-refractivity contribution in [3.63, 3.8) is 0 Å². The molecule has 0 unspecified atom stereocenters. The standard InChI is InChI=1S/C16H8ClFN6O.C3H6/c1-2-3-8-15(18)14(17)13(9-4-20-22-16(8)9)10-6-24-7-11(23-25)21-12(24)5-19-10;1-2-3-1/h3-7H,1H2,(H,20,22);1-3H2. The van der Waals surface area contributed by atoms with Crippen LogP contribution in [-0.4, -0.2) is 24.6 Å². The largest absolute Gasteiger partial charge is 0.301 e. The van der Waals surface area contributed by atoms with Gasteiger partial charge in [0, 0.05) is 22.7 Å². The number of hydrogen-bond acceptors (Lipinski definition) is 5. The maximum Gasteiger partial charge on any atom is 0.215 e. The summed E-state index contributed by atoms with van der Waals surface area (Å²) >= 11 is 6.27. The third-order valence-corrected chi connectivity index (χ3v) is 4.46. The van der Waals surface area contributed by atoms with Crippen molar-refractivity contribution in [2.24, 2.45) is 5.18 Å². The van der Waals surface area contributed by atoms with Crippen molar-refractivity contribution in [1.82, 2.24) is 24.6 Å². The van der Waals surface area contributed by atoms with Gasteiger partial charge in [0.05, 0.1) is 34.8 Å². The van der Waals surface area contributed by atoms with Crippen molar-refractivity contribution in [1.29, 1.82) is 0 Å². The van der Waals surface area contributed by atoms with Crippen molar-refractivity contribution in [2.75, 3.05) is 0 Å². The van der Waals surface area contributed by atoms with Gasteiger partial charge in [-0.2, -0.15) is 5.10 Å². The maximum atomic E-state index is 14.7. The van der Waals surface area contributed by atoms with Gasteiger partial charge in [0.2, 0.25) is 5.82 Å². The molecule has 3 aromatic heterocycles. The van der Waals surface area contributed by atoms with E-state index in [-0.39, 0.29) is 16.4 Å². The van der Waals surface area contributed by atoms with Crippen LogP contribution < -0.4 is 0 Å². The van der Waals surface area contributed by atoms with Crippen molar-refractivity contribution in [2.45, 2.75) is 19.3 Å². The Bertz CT molecular complexity index is 1250. The maximum absolute atomic E-state index is 14.7. The summed E-state index contributed by atoms with van der Waals surface area (Å²) in [6, 6.07) is 0. The summed E-state index contributed by atoms with van der Waals surface area (Å²) in [5.41, 5.74) is 4.41. The molecule has 1 aromatic carbocycles. The molecule has 7 nitrogen and oxygen atoms in total. The van der Waals surface area contributed by atoms with Gasteiger partial charge in [0.25, 0.3) is 0 Å². The number of rotatable bonds is 3. The van der Waals surface area contributed by atoms with Crippen molar-refractivity contribution in [3.05, 3.63) is 58.4 Å². The number of nitrogens with one attached hydrogen (secondary N) is 1. The molecule has 0 radical (unpaired) electrons. The second-order valence-electron chi connectivity index (χ2n) is 6.21. The molecular weight excluding hydrogens is 383 g/mol. The number of H-pyrrole nitrogens is 1. The van der Waals surface area contributed by atoms with Crippen LogP contribution in [-0.2, 0) is 0 Å². The van der Waals surface area contributed by atoms with E-state index in [2.05, 4.69) is 37.7 Å². The summed E-state index contributed by atoms with van der Waals surface area (Å²) in [6.07, 6.45) is 11.9. The Kier molecular flexibility index (Phi) is 4.73. The average Bonchev–Trinajstić information content (AvgIpc) is 3.41. The first-order chi connectivity index (χ1) is 13.6. The van der Waals surface area contributed by atoms with Crippen LogP contribution in [0.3, 0.4) is 0 Å². The molecule has 28 heavy (non-hydrogen) atoms. The molecule has 1 saturated carbocycles. The van der Waals surface area contributed by atoms with Gasteiger partial charge in [-0.3, -0.25) is 10.1 Å². The van der Waals surface area contributed by atoms with E-state index in [0.717, 1.165) is 0 Å². The lowest BCUT2D eigenvalue weighted by molar-refractivity contribution is 0.627. The first-order valence-electron chi connectivity index (χ1n) is 8.52. The average molecular weight is 397 g/mol. The van der Waals surface area contributed by atoms with Gasteiger partial charge in [-0.25, -0.2) is 9.37 Å². The highest BCUT2D eigenvalue weighted by atomic mass is 35.5. The SMILES string of the molecule is C1CC1.C=C=Cc1c(F)c(Cl)c(-c2cn3cc(N=O)nc3cn2)c2cn[nH]c12. The highest BCUT2D eigenvalue weighted by Crippen LogP contribution is 2.38. The number of fused-ring (bicyclic) bond motifs is 2. The number of hydrogen-bond donors (Lipinski definition) is 1. The summed E-state index contributed by atoms with van der Waals surface area (Å²) in [5.74, 6) is -0.608. The van der Waals surface area contributed by atoms with Crippen LogP contribution in [0.1, 0.15) is 24.8 Å². The molecule has 3 heterocycles. The fourth-order valence-corrected chi connectivity index (χ4v) is 2.98. The fourth-order valence-electron chi connectivity index (χ4n) is 2.68. The Morgan fingerprint density at radius 1 is 1.32 bits per heavy atom. The molecule has 5 rings (SSSR count). The van der Waals surface area contributed by atoms with E-state index in [1.807, 2.05) is 0 Å². The molecular formula is C19H14ClFN6O. The van der Waals surface area contributed by atoms with E-state index in [4.69, 9.17) is 11.6 Å². The number of benzene rings is 1. The van der Waals surface area contributed by atoms with Crippen molar-refractivity contribution >= 4 is 40.0 Å². The molecule has 0 amide bonds. The molecule has 1 N–H and O–H groups in total. The van der Waals surface area contributed by atoms with Crippen LogP contribution in [0, 0.1) is 10.7 Å². The highest BCUT2D eigenvalue weighted by Gasteiger charge is 2.21. The van der Waals surface area contributed by atoms with Crippen LogP contribution in [0.15, 0.2) is 42.3 Å². The topological polar surface area (TPSA) is 88.3 Å². The third-order valence-electron chi connectivity index (χ3n) is 4.10. The summed E-state index contributed by atoms with van der Waals surface area (Å²) in [4.78, 5) is 18.9. The predicted molar refractivity (Wildman–Crippen MR) is 106 cm³/mol. The van der Waals surface area contributed by atoms with E-state index in [1.54, 1.807) is 10.6 Å². The van der Waals surface area contributed by atoms with Gasteiger partial charge >= 0.3 is 0 Å². The zero-order chi connectivity index (χ0) is 19.7. The van der Waals surface area contributed by atoms with E-state index < -0.39 is 5.82 Å². The minimum absolute atomic E-state index is 0.0242. The van der Waals surface area contributed by atoms with Crippen molar-refractivity contribution < 1.29 is 4.39 Å². The van der Waals surface area contributed by atoms with E-state index in [0.29, 0.717) is 27.8 Å². The van der Waals surface area contributed by atoms with Gasteiger partial charge in [-0.15, -0.1) is 10.6 Å². The Morgan fingerprint density at radius 2 is 2.11 bits per heavy atom. The number of aromatic amines is 1. The molecule has 1 fully saturated rings. The highest BCUT2D eigenvalue weighted by molar-refractivity contribution is 6.35. The molecule has 1 aliphatic carbocycles. The third kappa shape index (κ3) is 3.19. The van der Waals surface area contributed by atoms with E-state index in [9.17, 15) is 9.30 Å². The minimum Gasteiger partial charge on any atom is -0.301 e. The molecule has 0 atom stereocenters. The predicted octanol–water partition coefficient (Wildman–Crippen LogP) is 5.43. The summed E-state index contributed by atoms with van der Waals surface area (Å²) in [7, 11) is 0. The fraction of sp³-hybridized carbons (Fsp3) is 0.158. The summed E-state index contributed by atoms with van der Waals surface area (Å²) in [6.45, 7) is 3.46. The zero-order valence-corrected chi connectivity index (χ0v) is 15.4. The molecule has 0 aliphatic heterocycles.